The molecule has 0 aromatic carbocycles. The molecule has 1 N–H and O–H groups in total. The van der Waals surface area contributed by atoms with Gasteiger partial charge in [-0.3, -0.25) is 4.99 Å². The first-order valence-corrected chi connectivity index (χ1v) is 10.6. The summed E-state index contributed by atoms with van der Waals surface area (Å²) in [5.74, 6) is 1.04. The molecule has 17 heavy (non-hydrogen) atoms. The number of hydrogen-bond donors (Lipinski definition) is 1. The van der Waals surface area contributed by atoms with Gasteiger partial charge in [0.15, 0.2) is 0 Å². The van der Waals surface area contributed by atoms with E-state index in [4.69, 9.17) is 16.3 Å². The van der Waals surface area contributed by atoms with Crippen LogP contribution in [0.2, 0.25) is 0 Å². The van der Waals surface area contributed by atoms with Gasteiger partial charge in [-0.1, -0.05) is 37.6 Å². The first-order valence-electron chi connectivity index (χ1n) is 6.30. The molecule has 0 spiro atoms. The minimum absolute atomic E-state index is 0.493. The van der Waals surface area contributed by atoms with Gasteiger partial charge in [0.25, 0.3) is 0 Å². The summed E-state index contributed by atoms with van der Waals surface area (Å²) in [6.07, 6.45) is 9.33. The molecular weight excluding hydrogens is 271 g/mol. The van der Waals surface area contributed by atoms with Crippen LogP contribution in [-0.2, 0) is 16.3 Å². The predicted octanol–water partition coefficient (Wildman–Crippen LogP) is 3.95. The third kappa shape index (κ3) is 6.23. The van der Waals surface area contributed by atoms with Gasteiger partial charge in [0.05, 0.1) is 12.4 Å². The molecule has 0 aromatic rings. The SMILES string of the molecule is CCCSP(=S)(NC=NC1CCCCC1)OC. The molecule has 1 aliphatic rings. The summed E-state index contributed by atoms with van der Waals surface area (Å²) in [6, 6.07) is 0.493. The van der Waals surface area contributed by atoms with Gasteiger partial charge < -0.3 is 9.61 Å². The first kappa shape index (κ1) is 15.5. The summed E-state index contributed by atoms with van der Waals surface area (Å²) in [6.45, 7) is 2.15. The van der Waals surface area contributed by atoms with Crippen LogP contribution in [0.5, 0.6) is 0 Å². The highest BCUT2D eigenvalue weighted by atomic mass is 32.9. The van der Waals surface area contributed by atoms with Gasteiger partial charge in [-0.2, -0.15) is 0 Å². The van der Waals surface area contributed by atoms with E-state index in [2.05, 4.69) is 17.0 Å². The minimum Gasteiger partial charge on any atom is -0.330 e. The Balaban J connectivity index is 2.34. The van der Waals surface area contributed by atoms with Crippen molar-refractivity contribution in [1.82, 2.24) is 5.09 Å². The van der Waals surface area contributed by atoms with Gasteiger partial charge in [0, 0.05) is 12.9 Å². The van der Waals surface area contributed by atoms with Gasteiger partial charge in [0.1, 0.15) is 0 Å². The van der Waals surface area contributed by atoms with E-state index in [0.717, 1.165) is 12.2 Å². The van der Waals surface area contributed by atoms with Gasteiger partial charge in [-0.25, -0.2) is 0 Å². The third-order valence-electron chi connectivity index (χ3n) is 2.78. The van der Waals surface area contributed by atoms with Gasteiger partial charge in [-0.05, 0) is 31.1 Å². The van der Waals surface area contributed by atoms with Crippen LogP contribution >= 0.6 is 17.0 Å². The van der Waals surface area contributed by atoms with E-state index >= 15 is 0 Å². The van der Waals surface area contributed by atoms with Crippen molar-refractivity contribution in [2.75, 3.05) is 12.9 Å². The van der Waals surface area contributed by atoms with Crippen molar-refractivity contribution >= 4 is 35.1 Å². The summed E-state index contributed by atoms with van der Waals surface area (Å²) in [7, 11) is 1.69. The largest absolute Gasteiger partial charge is 0.330 e. The molecule has 0 heterocycles. The Morgan fingerprint density at radius 3 is 2.76 bits per heavy atom. The molecule has 1 saturated carbocycles. The molecule has 0 aromatic heterocycles. The lowest BCUT2D eigenvalue weighted by Crippen LogP contribution is -2.13. The number of aliphatic imine (C=N–C) groups is 1. The van der Waals surface area contributed by atoms with Crippen LogP contribution < -0.4 is 5.09 Å². The average Bonchev–Trinajstić information content (AvgIpc) is 2.38. The number of nitrogens with one attached hydrogen (secondary N) is 1. The predicted molar refractivity (Wildman–Crippen MR) is 82.5 cm³/mol. The summed E-state index contributed by atoms with van der Waals surface area (Å²) >= 11 is 7.20. The number of rotatable bonds is 7. The summed E-state index contributed by atoms with van der Waals surface area (Å²) < 4.78 is 5.42. The van der Waals surface area contributed by atoms with Gasteiger partial charge in [-0.15, -0.1) is 0 Å². The Hall–Kier alpha value is 0.430. The molecule has 0 radical (unpaired) electrons. The van der Waals surface area contributed by atoms with Crippen LogP contribution in [0, 0.1) is 0 Å². The lowest BCUT2D eigenvalue weighted by atomic mass is 9.96. The molecule has 100 valence electrons. The smallest absolute Gasteiger partial charge is 0.210 e. The molecule has 0 saturated heterocycles. The van der Waals surface area contributed by atoms with Crippen molar-refractivity contribution < 1.29 is 4.52 Å². The maximum atomic E-state index is 5.48. The molecule has 0 bridgehead atoms. The molecular formula is C11H23N2OPS2. The van der Waals surface area contributed by atoms with E-state index < -0.39 is 5.62 Å². The zero-order valence-electron chi connectivity index (χ0n) is 10.7. The van der Waals surface area contributed by atoms with Crippen LogP contribution in [0.4, 0.5) is 0 Å². The second kappa shape index (κ2) is 8.52. The summed E-state index contributed by atoms with van der Waals surface area (Å²) in [5.41, 5.74) is -1.93. The normalized spacial score (nSPS) is 21.5. The Bertz CT molecular complexity index is 281. The molecule has 1 unspecified atom stereocenters. The van der Waals surface area contributed by atoms with Crippen molar-refractivity contribution in [1.29, 1.82) is 0 Å². The highest BCUT2D eigenvalue weighted by Gasteiger charge is 2.15. The van der Waals surface area contributed by atoms with E-state index in [1.807, 2.05) is 0 Å². The Morgan fingerprint density at radius 2 is 2.18 bits per heavy atom. The second-order valence-electron chi connectivity index (χ2n) is 4.21. The topological polar surface area (TPSA) is 33.6 Å². The first-order chi connectivity index (χ1) is 8.20. The molecule has 1 fully saturated rings. The standard InChI is InChI=1S/C11H23N2OPS2/c1-3-9-17-15(16,14-2)13-10-12-11-7-5-4-6-8-11/h10-11H,3-9H2,1-2H3,(H,12,13,16). The molecule has 3 nitrogen and oxygen atoms in total. The van der Waals surface area contributed by atoms with Crippen LogP contribution in [0.25, 0.3) is 0 Å². The van der Waals surface area contributed by atoms with Crippen molar-refractivity contribution in [3.05, 3.63) is 0 Å². The molecule has 1 atom stereocenters. The third-order valence-corrected chi connectivity index (χ3v) is 8.67. The van der Waals surface area contributed by atoms with Crippen LogP contribution in [-0.4, -0.2) is 25.2 Å². The van der Waals surface area contributed by atoms with Crippen molar-refractivity contribution in [3.8, 4) is 0 Å². The zero-order chi connectivity index (χ0) is 12.6. The van der Waals surface area contributed by atoms with Gasteiger partial charge >= 0.3 is 0 Å². The van der Waals surface area contributed by atoms with E-state index in [-0.39, 0.29) is 0 Å². The average molecular weight is 294 g/mol. The van der Waals surface area contributed by atoms with Crippen molar-refractivity contribution in [2.45, 2.75) is 51.5 Å². The van der Waals surface area contributed by atoms with Crippen LogP contribution in [0.3, 0.4) is 0 Å². The monoisotopic (exact) mass is 294 g/mol. The van der Waals surface area contributed by atoms with Crippen LogP contribution in [0.1, 0.15) is 45.4 Å². The van der Waals surface area contributed by atoms with Gasteiger partial charge in [0.2, 0.25) is 5.62 Å². The fraction of sp³-hybridized carbons (Fsp3) is 0.909. The summed E-state index contributed by atoms with van der Waals surface area (Å²) in [4.78, 5) is 4.56. The fourth-order valence-corrected chi connectivity index (χ4v) is 5.47. The number of hydrogen-bond acceptors (Lipinski definition) is 4. The molecule has 6 heteroatoms. The quantitative estimate of drug-likeness (QED) is 0.438. The Labute approximate surface area is 114 Å². The molecule has 0 amide bonds. The van der Waals surface area contributed by atoms with Crippen molar-refractivity contribution in [2.24, 2.45) is 4.99 Å². The Morgan fingerprint density at radius 1 is 1.47 bits per heavy atom. The zero-order valence-corrected chi connectivity index (χ0v) is 13.3. The fourth-order valence-electron chi connectivity index (χ4n) is 1.79. The van der Waals surface area contributed by atoms with Crippen molar-refractivity contribution in [3.63, 3.8) is 0 Å². The second-order valence-corrected chi connectivity index (χ2v) is 11.1. The lowest BCUT2D eigenvalue weighted by Gasteiger charge is -2.20. The Kier molecular flexibility index (Phi) is 7.76. The van der Waals surface area contributed by atoms with E-state index in [1.165, 1.54) is 32.1 Å². The van der Waals surface area contributed by atoms with E-state index in [1.54, 1.807) is 24.8 Å². The molecule has 1 rings (SSSR count). The van der Waals surface area contributed by atoms with Crippen LogP contribution in [0.15, 0.2) is 4.99 Å². The lowest BCUT2D eigenvalue weighted by molar-refractivity contribution is 0.443. The maximum absolute atomic E-state index is 5.48. The minimum atomic E-state index is -1.93. The highest BCUT2D eigenvalue weighted by Crippen LogP contribution is 2.55. The van der Waals surface area contributed by atoms with E-state index in [0.29, 0.717) is 6.04 Å². The highest BCUT2D eigenvalue weighted by molar-refractivity contribution is 8.68. The number of nitrogens with zero attached hydrogens (tertiary/aromatic N) is 1. The molecule has 1 aliphatic carbocycles. The summed E-state index contributed by atoms with van der Waals surface area (Å²) in [5, 5.41) is 3.20. The van der Waals surface area contributed by atoms with E-state index in [9.17, 15) is 0 Å². The maximum Gasteiger partial charge on any atom is 0.210 e. The molecule has 0 aliphatic heterocycles.